The normalized spacial score (nSPS) is 11.0. The average molecular weight is 415 g/mol. The van der Waals surface area contributed by atoms with Crippen LogP contribution < -0.4 is 5.32 Å². The van der Waals surface area contributed by atoms with Crippen LogP contribution >= 0.6 is 11.8 Å². The fourth-order valence-corrected chi connectivity index (χ4v) is 3.53. The molecule has 1 aromatic heterocycles. The maximum absolute atomic E-state index is 12.3. The molecule has 0 atom stereocenters. The molecular weight excluding hydrogens is 392 g/mol. The van der Waals surface area contributed by atoms with Crippen LogP contribution in [0, 0.1) is 11.3 Å². The van der Waals surface area contributed by atoms with Gasteiger partial charge in [0.25, 0.3) is 5.91 Å². The minimum atomic E-state index is -0.439. The Morgan fingerprint density at radius 1 is 1.23 bits per heavy atom. The van der Waals surface area contributed by atoms with Gasteiger partial charge in [0, 0.05) is 28.8 Å². The van der Waals surface area contributed by atoms with Gasteiger partial charge < -0.3 is 5.32 Å². The predicted octanol–water partition coefficient (Wildman–Crippen LogP) is 4.86. The third kappa shape index (κ3) is 5.07. The van der Waals surface area contributed by atoms with Crippen LogP contribution in [0.5, 0.6) is 0 Å². The summed E-state index contributed by atoms with van der Waals surface area (Å²) in [6.07, 6.45) is 4.98. The van der Waals surface area contributed by atoms with E-state index in [2.05, 4.69) is 31.0 Å². The molecule has 0 radical (unpaired) electrons. The van der Waals surface area contributed by atoms with Crippen LogP contribution in [0.1, 0.15) is 12.5 Å². The molecule has 3 rings (SSSR count). The van der Waals surface area contributed by atoms with Crippen LogP contribution in [0.4, 0.5) is 0 Å². The van der Waals surface area contributed by atoms with E-state index in [1.165, 1.54) is 4.90 Å². The monoisotopic (exact) mass is 414 g/mol. The van der Waals surface area contributed by atoms with Gasteiger partial charge in [0.15, 0.2) is 0 Å². The first kappa shape index (κ1) is 21.2. The second-order valence-electron chi connectivity index (χ2n) is 6.34. The van der Waals surface area contributed by atoms with Gasteiger partial charge in [0.2, 0.25) is 0 Å². The number of para-hydroxylation sites is 1. The fourth-order valence-electron chi connectivity index (χ4n) is 2.87. The summed E-state index contributed by atoms with van der Waals surface area (Å²) in [5, 5.41) is 16.9. The highest BCUT2D eigenvalue weighted by Gasteiger charge is 2.15. The van der Waals surface area contributed by atoms with Crippen molar-refractivity contribution in [2.24, 2.45) is 0 Å². The lowest BCUT2D eigenvalue weighted by atomic mass is 10.1. The highest BCUT2D eigenvalue weighted by Crippen LogP contribution is 2.28. The van der Waals surface area contributed by atoms with E-state index in [0.717, 1.165) is 17.0 Å². The van der Waals surface area contributed by atoms with Crippen molar-refractivity contribution in [3.05, 3.63) is 84.6 Å². The molecule has 150 valence electrons. The molecule has 0 saturated carbocycles. The van der Waals surface area contributed by atoms with Crippen LogP contribution in [-0.4, -0.2) is 28.0 Å². The number of hydrogen-bond acceptors (Lipinski definition) is 4. The number of nitrogens with zero attached hydrogens (tertiary/aromatic N) is 3. The summed E-state index contributed by atoms with van der Waals surface area (Å²) in [5.74, 6) is 0.562. The Bertz CT molecular complexity index is 1090. The molecule has 0 fully saturated rings. The van der Waals surface area contributed by atoms with Crippen molar-refractivity contribution >= 4 is 23.7 Å². The summed E-state index contributed by atoms with van der Waals surface area (Å²) in [6, 6.07) is 19.8. The number of thioether (sulfide) groups is 1. The van der Waals surface area contributed by atoms with Crippen molar-refractivity contribution in [1.82, 2.24) is 15.1 Å². The third-order valence-electron chi connectivity index (χ3n) is 4.27. The van der Waals surface area contributed by atoms with E-state index in [9.17, 15) is 10.1 Å². The third-order valence-corrected chi connectivity index (χ3v) is 5.17. The number of benzene rings is 2. The Morgan fingerprint density at radius 3 is 2.60 bits per heavy atom. The van der Waals surface area contributed by atoms with E-state index in [0.29, 0.717) is 17.8 Å². The Hall–Kier alpha value is -3.56. The van der Waals surface area contributed by atoms with Crippen LogP contribution in [0.15, 0.2) is 83.9 Å². The molecule has 0 saturated heterocycles. The standard InChI is InChI=1S/C24H22N4OS/c1-3-14-26-24(29)19(16-25)15-20-17-28(21-8-6-5-7-9-21)27-23(20)18-10-12-22(13-11-18)30-4-2/h3,5-13,15,17H,1,4,14H2,2H3,(H,26,29). The molecule has 1 amide bonds. The molecule has 0 unspecified atom stereocenters. The smallest absolute Gasteiger partial charge is 0.262 e. The quantitative estimate of drug-likeness (QED) is 0.247. The molecule has 3 aromatic rings. The SMILES string of the molecule is C=CCNC(=O)C(C#N)=Cc1cn(-c2ccccc2)nc1-c1ccc(SCC)cc1. The zero-order chi connectivity index (χ0) is 21.3. The minimum Gasteiger partial charge on any atom is -0.348 e. The van der Waals surface area contributed by atoms with Crippen molar-refractivity contribution in [1.29, 1.82) is 5.26 Å². The second-order valence-corrected chi connectivity index (χ2v) is 7.68. The van der Waals surface area contributed by atoms with E-state index in [1.807, 2.05) is 54.7 Å². The number of aromatic nitrogens is 2. The van der Waals surface area contributed by atoms with Gasteiger partial charge >= 0.3 is 0 Å². The zero-order valence-corrected chi connectivity index (χ0v) is 17.5. The highest BCUT2D eigenvalue weighted by molar-refractivity contribution is 7.99. The topological polar surface area (TPSA) is 70.7 Å². The molecule has 5 nitrogen and oxygen atoms in total. The van der Waals surface area contributed by atoms with E-state index < -0.39 is 5.91 Å². The van der Waals surface area contributed by atoms with Gasteiger partial charge in [0.1, 0.15) is 11.6 Å². The van der Waals surface area contributed by atoms with Gasteiger partial charge in [-0.3, -0.25) is 4.79 Å². The molecule has 0 spiro atoms. The Balaban J connectivity index is 2.07. The highest BCUT2D eigenvalue weighted by atomic mass is 32.2. The fraction of sp³-hybridized carbons (Fsp3) is 0.125. The number of nitrogens with one attached hydrogen (secondary N) is 1. The van der Waals surface area contributed by atoms with Crippen molar-refractivity contribution in [2.75, 3.05) is 12.3 Å². The lowest BCUT2D eigenvalue weighted by Crippen LogP contribution is -2.24. The summed E-state index contributed by atoms with van der Waals surface area (Å²) in [7, 11) is 0. The lowest BCUT2D eigenvalue weighted by Gasteiger charge is -2.03. The summed E-state index contributed by atoms with van der Waals surface area (Å²) in [5.41, 5.74) is 3.23. The lowest BCUT2D eigenvalue weighted by molar-refractivity contribution is -0.116. The van der Waals surface area contributed by atoms with Gasteiger partial charge in [-0.15, -0.1) is 18.3 Å². The van der Waals surface area contributed by atoms with E-state index in [-0.39, 0.29) is 5.57 Å². The van der Waals surface area contributed by atoms with Gasteiger partial charge in [-0.1, -0.05) is 43.3 Å². The number of carbonyl (C=O) groups excluding carboxylic acids is 1. The van der Waals surface area contributed by atoms with Crippen LogP contribution in [-0.2, 0) is 4.79 Å². The summed E-state index contributed by atoms with van der Waals surface area (Å²) >= 11 is 1.77. The molecule has 1 N–H and O–H groups in total. The van der Waals surface area contributed by atoms with E-state index in [4.69, 9.17) is 5.10 Å². The van der Waals surface area contributed by atoms with Crippen LogP contribution in [0.2, 0.25) is 0 Å². The largest absolute Gasteiger partial charge is 0.348 e. The van der Waals surface area contributed by atoms with Crippen molar-refractivity contribution < 1.29 is 4.79 Å². The molecule has 0 aliphatic carbocycles. The maximum atomic E-state index is 12.3. The zero-order valence-electron chi connectivity index (χ0n) is 16.7. The Morgan fingerprint density at radius 2 is 1.97 bits per heavy atom. The van der Waals surface area contributed by atoms with E-state index >= 15 is 0 Å². The first-order chi connectivity index (χ1) is 14.7. The van der Waals surface area contributed by atoms with Gasteiger partial charge in [0.05, 0.1) is 11.4 Å². The number of rotatable bonds is 8. The predicted molar refractivity (Wildman–Crippen MR) is 122 cm³/mol. The molecular formula is C24H22N4OS. The van der Waals surface area contributed by atoms with Crippen molar-refractivity contribution in [3.63, 3.8) is 0 Å². The number of amides is 1. The molecule has 0 bridgehead atoms. The summed E-state index contributed by atoms with van der Waals surface area (Å²) in [4.78, 5) is 13.5. The first-order valence-electron chi connectivity index (χ1n) is 9.55. The van der Waals surface area contributed by atoms with Crippen molar-refractivity contribution in [2.45, 2.75) is 11.8 Å². The van der Waals surface area contributed by atoms with Crippen molar-refractivity contribution in [3.8, 4) is 23.0 Å². The van der Waals surface area contributed by atoms with Crippen LogP contribution in [0.3, 0.4) is 0 Å². The molecule has 0 aliphatic heterocycles. The number of carbonyl (C=O) groups is 1. The summed E-state index contributed by atoms with van der Waals surface area (Å²) < 4.78 is 1.76. The summed E-state index contributed by atoms with van der Waals surface area (Å²) in [6.45, 7) is 5.99. The Kier molecular flexibility index (Phi) is 7.25. The molecule has 30 heavy (non-hydrogen) atoms. The second kappa shape index (κ2) is 10.3. The maximum Gasteiger partial charge on any atom is 0.262 e. The first-order valence-corrected chi connectivity index (χ1v) is 10.5. The molecule has 1 heterocycles. The molecule has 6 heteroatoms. The Labute approximate surface area is 180 Å². The van der Waals surface area contributed by atoms with E-state index in [1.54, 1.807) is 28.6 Å². The molecule has 0 aliphatic rings. The molecule has 2 aromatic carbocycles. The van der Waals surface area contributed by atoms with Gasteiger partial charge in [-0.2, -0.15) is 10.4 Å². The average Bonchev–Trinajstić information content (AvgIpc) is 3.21. The number of hydrogen-bond donors (Lipinski definition) is 1. The van der Waals surface area contributed by atoms with Crippen LogP contribution in [0.25, 0.3) is 23.0 Å². The van der Waals surface area contributed by atoms with Gasteiger partial charge in [-0.25, -0.2) is 4.68 Å². The minimum absolute atomic E-state index is 0.0175. The van der Waals surface area contributed by atoms with Gasteiger partial charge in [-0.05, 0) is 36.1 Å². The number of nitriles is 1.